The minimum absolute atomic E-state index is 0.0876. The fourth-order valence-corrected chi connectivity index (χ4v) is 2.69. The zero-order valence-electron chi connectivity index (χ0n) is 11.0. The molecule has 2 N–H and O–H groups in total. The van der Waals surface area contributed by atoms with Gasteiger partial charge in [-0.15, -0.1) is 0 Å². The summed E-state index contributed by atoms with van der Waals surface area (Å²) in [4.78, 5) is 18.8. The number of nitrogens with zero attached hydrogens (tertiary/aromatic N) is 3. The largest absolute Gasteiger partial charge is 0.395 e. The lowest BCUT2D eigenvalue weighted by Gasteiger charge is -2.20. The quantitative estimate of drug-likeness (QED) is 0.492. The highest BCUT2D eigenvalue weighted by atomic mass is 35.5. The Bertz CT molecular complexity index is 492. The molecule has 0 saturated heterocycles. The Labute approximate surface area is 121 Å². The highest BCUT2D eigenvalue weighted by Gasteiger charge is 2.27. The van der Waals surface area contributed by atoms with Crippen molar-refractivity contribution in [3.8, 4) is 0 Å². The molecule has 20 heavy (non-hydrogen) atoms. The van der Waals surface area contributed by atoms with E-state index in [0.29, 0.717) is 5.82 Å². The van der Waals surface area contributed by atoms with Crippen LogP contribution in [0.25, 0.3) is 0 Å². The van der Waals surface area contributed by atoms with E-state index in [-0.39, 0.29) is 35.7 Å². The van der Waals surface area contributed by atoms with E-state index in [1.54, 1.807) is 0 Å². The van der Waals surface area contributed by atoms with Crippen LogP contribution in [0.4, 0.5) is 11.5 Å². The highest BCUT2D eigenvalue weighted by molar-refractivity contribution is 6.31. The Morgan fingerprint density at radius 1 is 1.35 bits per heavy atom. The molecular weight excluding hydrogens is 284 g/mol. The van der Waals surface area contributed by atoms with Gasteiger partial charge >= 0.3 is 5.69 Å². The third-order valence-electron chi connectivity index (χ3n) is 3.42. The van der Waals surface area contributed by atoms with E-state index in [2.05, 4.69) is 15.3 Å². The van der Waals surface area contributed by atoms with E-state index in [9.17, 15) is 10.1 Å². The van der Waals surface area contributed by atoms with Crippen LogP contribution in [0.2, 0.25) is 5.15 Å². The normalized spacial score (nSPS) is 16.1. The molecule has 1 saturated carbocycles. The summed E-state index contributed by atoms with van der Waals surface area (Å²) in [7, 11) is 0. The molecule has 0 spiro atoms. The molecule has 110 valence electrons. The van der Waals surface area contributed by atoms with E-state index in [4.69, 9.17) is 16.7 Å². The van der Waals surface area contributed by atoms with Gasteiger partial charge in [0.1, 0.15) is 5.82 Å². The van der Waals surface area contributed by atoms with Crippen LogP contribution in [-0.4, -0.2) is 33.1 Å². The molecule has 0 unspecified atom stereocenters. The number of rotatable bonds is 5. The van der Waals surface area contributed by atoms with Crippen LogP contribution in [0.15, 0.2) is 0 Å². The summed E-state index contributed by atoms with van der Waals surface area (Å²) >= 11 is 5.93. The van der Waals surface area contributed by atoms with Crippen molar-refractivity contribution in [2.75, 3.05) is 18.5 Å². The second-order valence-electron chi connectivity index (χ2n) is 4.81. The molecule has 0 aliphatic heterocycles. The van der Waals surface area contributed by atoms with Crippen LogP contribution in [0.5, 0.6) is 0 Å². The molecule has 1 aromatic rings. The fourth-order valence-electron chi connectivity index (χ4n) is 2.45. The molecule has 7 nitrogen and oxygen atoms in total. The zero-order valence-corrected chi connectivity index (χ0v) is 11.8. The first-order chi connectivity index (χ1) is 9.63. The van der Waals surface area contributed by atoms with Crippen molar-refractivity contribution in [1.82, 2.24) is 9.97 Å². The van der Waals surface area contributed by atoms with Crippen LogP contribution >= 0.6 is 11.6 Å². The van der Waals surface area contributed by atoms with E-state index < -0.39 is 4.92 Å². The van der Waals surface area contributed by atoms with Gasteiger partial charge in [-0.1, -0.05) is 30.9 Å². The van der Waals surface area contributed by atoms with Gasteiger partial charge < -0.3 is 10.4 Å². The van der Waals surface area contributed by atoms with E-state index >= 15 is 0 Å². The van der Waals surface area contributed by atoms with Crippen molar-refractivity contribution >= 4 is 23.1 Å². The molecule has 0 aromatic carbocycles. The Hall–Kier alpha value is -1.47. The molecule has 0 atom stereocenters. The minimum atomic E-state index is -0.604. The number of aliphatic hydroxyl groups excluding tert-OH is 1. The van der Waals surface area contributed by atoms with Crippen molar-refractivity contribution < 1.29 is 10.0 Å². The topological polar surface area (TPSA) is 101 Å². The van der Waals surface area contributed by atoms with Crippen molar-refractivity contribution in [2.45, 2.75) is 38.0 Å². The van der Waals surface area contributed by atoms with Gasteiger partial charge in [0, 0.05) is 12.5 Å². The van der Waals surface area contributed by atoms with E-state index in [0.717, 1.165) is 25.7 Å². The summed E-state index contributed by atoms with van der Waals surface area (Å²) in [5, 5.41) is 22.5. The monoisotopic (exact) mass is 300 g/mol. The van der Waals surface area contributed by atoms with Crippen LogP contribution in [0.1, 0.15) is 43.8 Å². The van der Waals surface area contributed by atoms with Crippen LogP contribution in [-0.2, 0) is 0 Å². The van der Waals surface area contributed by atoms with Crippen LogP contribution < -0.4 is 5.32 Å². The van der Waals surface area contributed by atoms with E-state index in [1.165, 1.54) is 6.42 Å². The molecule has 1 aliphatic rings. The number of aromatic nitrogens is 2. The summed E-state index contributed by atoms with van der Waals surface area (Å²) in [6.45, 7) is 0.0375. The van der Waals surface area contributed by atoms with Gasteiger partial charge in [-0.2, -0.15) is 0 Å². The molecule has 8 heteroatoms. The summed E-state index contributed by atoms with van der Waals surface area (Å²) in [5.41, 5.74) is -0.334. The van der Waals surface area contributed by atoms with Crippen LogP contribution in [0, 0.1) is 10.1 Å². The number of anilines is 1. The van der Waals surface area contributed by atoms with Gasteiger partial charge in [0.05, 0.1) is 11.5 Å². The van der Waals surface area contributed by atoms with Crippen molar-refractivity contribution in [2.24, 2.45) is 0 Å². The second kappa shape index (κ2) is 6.81. The third-order valence-corrected chi connectivity index (χ3v) is 3.68. The molecule has 1 heterocycles. The van der Waals surface area contributed by atoms with Gasteiger partial charge in [-0.3, -0.25) is 10.1 Å². The number of nitrogens with one attached hydrogen (secondary N) is 1. The Morgan fingerprint density at radius 2 is 2.05 bits per heavy atom. The van der Waals surface area contributed by atoms with Gasteiger partial charge in [0.2, 0.25) is 11.0 Å². The maximum absolute atomic E-state index is 11.0. The first-order valence-electron chi connectivity index (χ1n) is 6.70. The fraction of sp³-hybridized carbons (Fsp3) is 0.667. The zero-order chi connectivity index (χ0) is 14.5. The molecule has 0 bridgehead atoms. The van der Waals surface area contributed by atoms with Crippen molar-refractivity contribution in [3.63, 3.8) is 0 Å². The lowest BCUT2D eigenvalue weighted by molar-refractivity contribution is -0.384. The standard InChI is InChI=1S/C12H17ClN4O3/c13-10-9(17(19)20)12(14-6-7-18)16-11(15-10)8-4-2-1-3-5-8/h8,18H,1-7H2,(H,14,15,16). The molecule has 1 aliphatic carbocycles. The van der Waals surface area contributed by atoms with E-state index in [1.807, 2.05) is 0 Å². The number of nitro groups is 1. The van der Waals surface area contributed by atoms with Gasteiger partial charge in [0.25, 0.3) is 0 Å². The van der Waals surface area contributed by atoms with Gasteiger partial charge in [0.15, 0.2) is 0 Å². The molecule has 0 radical (unpaired) electrons. The molecule has 2 rings (SSSR count). The maximum atomic E-state index is 11.0. The highest BCUT2D eigenvalue weighted by Crippen LogP contribution is 2.35. The third kappa shape index (κ3) is 3.34. The SMILES string of the molecule is O=[N+]([O-])c1c(Cl)nc(C2CCCCC2)nc1NCCO. The first-order valence-corrected chi connectivity index (χ1v) is 7.08. The number of aliphatic hydroxyl groups is 1. The van der Waals surface area contributed by atoms with Crippen molar-refractivity contribution in [3.05, 3.63) is 21.1 Å². The second-order valence-corrected chi connectivity index (χ2v) is 5.17. The summed E-state index contributed by atoms with van der Waals surface area (Å²) in [6, 6.07) is 0. The van der Waals surface area contributed by atoms with Crippen LogP contribution in [0.3, 0.4) is 0 Å². The molecule has 1 aromatic heterocycles. The number of halogens is 1. The smallest absolute Gasteiger partial charge is 0.348 e. The van der Waals surface area contributed by atoms with Crippen molar-refractivity contribution in [1.29, 1.82) is 0 Å². The minimum Gasteiger partial charge on any atom is -0.395 e. The molecule has 1 fully saturated rings. The lowest BCUT2D eigenvalue weighted by atomic mass is 9.89. The maximum Gasteiger partial charge on any atom is 0.348 e. The predicted octanol–water partition coefficient (Wildman–Crippen LogP) is 2.49. The average Bonchev–Trinajstić information content (AvgIpc) is 2.45. The number of hydrogen-bond donors (Lipinski definition) is 2. The summed E-state index contributed by atoms with van der Waals surface area (Å²) in [6.07, 6.45) is 5.39. The molecule has 0 amide bonds. The summed E-state index contributed by atoms with van der Waals surface area (Å²) < 4.78 is 0. The van der Waals surface area contributed by atoms with Gasteiger partial charge in [-0.05, 0) is 12.8 Å². The Morgan fingerprint density at radius 3 is 2.65 bits per heavy atom. The average molecular weight is 301 g/mol. The van der Waals surface area contributed by atoms with Gasteiger partial charge in [-0.25, -0.2) is 9.97 Å². The predicted molar refractivity (Wildman–Crippen MR) is 75.1 cm³/mol. The lowest BCUT2D eigenvalue weighted by Crippen LogP contribution is -2.14. The Kier molecular flexibility index (Phi) is 5.08. The number of hydrogen-bond acceptors (Lipinski definition) is 6. The molecular formula is C12H17ClN4O3. The first kappa shape index (κ1) is 14.9. The Balaban J connectivity index is 2.34. The summed E-state index contributed by atoms with van der Waals surface area (Å²) in [5.74, 6) is 0.849.